The van der Waals surface area contributed by atoms with Gasteiger partial charge in [0.25, 0.3) is 0 Å². The molecular weight excluding hydrogens is 194 g/mol. The lowest BCUT2D eigenvalue weighted by molar-refractivity contribution is -0.145. The van der Waals surface area contributed by atoms with Crippen molar-refractivity contribution >= 4 is 5.97 Å². The number of hydrogen-bond acceptors (Lipinski definition) is 4. The van der Waals surface area contributed by atoms with Gasteiger partial charge in [0, 0.05) is 19.6 Å². The molecule has 0 bridgehead atoms. The van der Waals surface area contributed by atoms with Crippen LogP contribution in [-0.2, 0) is 14.3 Å². The summed E-state index contributed by atoms with van der Waals surface area (Å²) in [5, 5.41) is 3.28. The number of hydrogen-bond donors (Lipinski definition) is 1. The third kappa shape index (κ3) is 4.18. The van der Waals surface area contributed by atoms with Crippen molar-refractivity contribution in [2.24, 2.45) is 0 Å². The Morgan fingerprint density at radius 1 is 1.47 bits per heavy atom. The molecule has 0 aromatic heterocycles. The van der Waals surface area contributed by atoms with E-state index in [0.29, 0.717) is 12.5 Å². The van der Waals surface area contributed by atoms with E-state index in [1.54, 1.807) is 7.11 Å². The number of rotatable bonds is 6. The molecule has 1 fully saturated rings. The Bertz CT molecular complexity index is 224. The van der Waals surface area contributed by atoms with E-state index in [2.05, 4.69) is 5.32 Å². The van der Waals surface area contributed by atoms with Gasteiger partial charge in [0.05, 0.1) is 12.7 Å². The normalized spacial score (nSPS) is 18.7. The van der Waals surface area contributed by atoms with Crippen LogP contribution in [0.25, 0.3) is 0 Å². The zero-order chi connectivity index (χ0) is 11.5. The molecule has 0 aromatic carbocycles. The second-order valence-electron chi connectivity index (χ2n) is 4.68. The zero-order valence-electron chi connectivity index (χ0n) is 10.0. The van der Waals surface area contributed by atoms with Gasteiger partial charge in [-0.1, -0.05) is 0 Å². The summed E-state index contributed by atoms with van der Waals surface area (Å²) >= 11 is 0. The van der Waals surface area contributed by atoms with Crippen LogP contribution in [0.2, 0.25) is 0 Å². The molecule has 0 radical (unpaired) electrons. The molecule has 4 heteroatoms. The molecule has 0 amide bonds. The van der Waals surface area contributed by atoms with E-state index in [-0.39, 0.29) is 17.6 Å². The molecule has 88 valence electrons. The number of esters is 1. The molecule has 0 heterocycles. The van der Waals surface area contributed by atoms with Crippen LogP contribution in [0.15, 0.2) is 0 Å². The molecule has 1 rings (SSSR count). The van der Waals surface area contributed by atoms with Gasteiger partial charge in [0.1, 0.15) is 6.04 Å². The first-order valence-corrected chi connectivity index (χ1v) is 5.37. The van der Waals surface area contributed by atoms with Gasteiger partial charge < -0.3 is 14.8 Å². The number of ether oxygens (including phenoxy) is 2. The number of methoxy groups -OCH3 is 2. The minimum Gasteiger partial charge on any atom is -0.468 e. The standard InChI is InChI=1S/C11H21NO3/c1-11(2,15-4)7-9(10(13)14-3)12-8-5-6-8/h8-9,12H,5-7H2,1-4H3. The summed E-state index contributed by atoms with van der Waals surface area (Å²) in [6.45, 7) is 3.94. The highest BCUT2D eigenvalue weighted by molar-refractivity contribution is 5.75. The summed E-state index contributed by atoms with van der Waals surface area (Å²) in [5.74, 6) is -0.202. The third-order valence-corrected chi connectivity index (χ3v) is 2.75. The zero-order valence-corrected chi connectivity index (χ0v) is 10.0. The van der Waals surface area contributed by atoms with Crippen molar-refractivity contribution < 1.29 is 14.3 Å². The van der Waals surface area contributed by atoms with Gasteiger partial charge in [-0.25, -0.2) is 0 Å². The Balaban J connectivity index is 2.50. The van der Waals surface area contributed by atoms with Gasteiger partial charge >= 0.3 is 5.97 Å². The molecule has 0 spiro atoms. The lowest BCUT2D eigenvalue weighted by Crippen LogP contribution is -2.44. The summed E-state index contributed by atoms with van der Waals surface area (Å²) in [6.07, 6.45) is 2.94. The molecule has 15 heavy (non-hydrogen) atoms. The van der Waals surface area contributed by atoms with Gasteiger partial charge in [-0.15, -0.1) is 0 Å². The third-order valence-electron chi connectivity index (χ3n) is 2.75. The molecule has 1 unspecified atom stereocenters. The summed E-state index contributed by atoms with van der Waals surface area (Å²) in [7, 11) is 3.08. The fraction of sp³-hybridized carbons (Fsp3) is 0.909. The van der Waals surface area contributed by atoms with E-state index < -0.39 is 0 Å². The summed E-state index contributed by atoms with van der Waals surface area (Å²) in [5.41, 5.74) is -0.305. The Kier molecular flexibility index (Phi) is 4.11. The minimum absolute atomic E-state index is 0.202. The highest BCUT2D eigenvalue weighted by atomic mass is 16.5. The summed E-state index contributed by atoms with van der Waals surface area (Å²) in [4.78, 5) is 11.5. The van der Waals surface area contributed by atoms with Crippen molar-refractivity contribution in [3.8, 4) is 0 Å². The molecule has 1 atom stereocenters. The predicted octanol–water partition coefficient (Wildman–Crippen LogP) is 1.10. The highest BCUT2D eigenvalue weighted by Gasteiger charge is 2.33. The van der Waals surface area contributed by atoms with E-state index in [4.69, 9.17) is 9.47 Å². The Morgan fingerprint density at radius 3 is 2.47 bits per heavy atom. The Morgan fingerprint density at radius 2 is 2.07 bits per heavy atom. The van der Waals surface area contributed by atoms with Crippen molar-refractivity contribution in [3.05, 3.63) is 0 Å². The Labute approximate surface area is 91.3 Å². The van der Waals surface area contributed by atoms with Crippen LogP contribution in [0.1, 0.15) is 33.1 Å². The first-order valence-electron chi connectivity index (χ1n) is 5.37. The second kappa shape index (κ2) is 4.94. The topological polar surface area (TPSA) is 47.6 Å². The van der Waals surface area contributed by atoms with E-state index in [0.717, 1.165) is 12.8 Å². The van der Waals surface area contributed by atoms with Crippen molar-refractivity contribution in [3.63, 3.8) is 0 Å². The fourth-order valence-corrected chi connectivity index (χ4v) is 1.46. The molecule has 0 saturated heterocycles. The van der Waals surface area contributed by atoms with Crippen LogP contribution < -0.4 is 5.32 Å². The number of carbonyl (C=O) groups is 1. The first kappa shape index (κ1) is 12.5. The average Bonchev–Trinajstić information content (AvgIpc) is 2.99. The monoisotopic (exact) mass is 215 g/mol. The molecule has 1 aliphatic rings. The van der Waals surface area contributed by atoms with Crippen molar-refractivity contribution in [1.82, 2.24) is 5.32 Å². The minimum atomic E-state index is -0.305. The first-order chi connectivity index (χ1) is 6.98. The van der Waals surface area contributed by atoms with Crippen molar-refractivity contribution in [2.45, 2.75) is 50.8 Å². The second-order valence-corrected chi connectivity index (χ2v) is 4.68. The van der Waals surface area contributed by atoms with Crippen LogP contribution in [0, 0.1) is 0 Å². The van der Waals surface area contributed by atoms with Crippen LogP contribution in [0.5, 0.6) is 0 Å². The van der Waals surface area contributed by atoms with Crippen LogP contribution in [0.4, 0.5) is 0 Å². The van der Waals surface area contributed by atoms with E-state index in [1.807, 2.05) is 13.8 Å². The lowest BCUT2D eigenvalue weighted by Gasteiger charge is -2.27. The van der Waals surface area contributed by atoms with Crippen LogP contribution >= 0.6 is 0 Å². The van der Waals surface area contributed by atoms with E-state index >= 15 is 0 Å². The van der Waals surface area contributed by atoms with Crippen molar-refractivity contribution in [1.29, 1.82) is 0 Å². The van der Waals surface area contributed by atoms with Crippen LogP contribution in [-0.4, -0.2) is 37.9 Å². The number of carbonyl (C=O) groups excluding carboxylic acids is 1. The van der Waals surface area contributed by atoms with Gasteiger partial charge in [-0.3, -0.25) is 4.79 Å². The Hall–Kier alpha value is -0.610. The quantitative estimate of drug-likeness (QED) is 0.674. The lowest BCUT2D eigenvalue weighted by atomic mass is 9.98. The molecule has 0 aromatic rings. The van der Waals surface area contributed by atoms with E-state index in [1.165, 1.54) is 7.11 Å². The van der Waals surface area contributed by atoms with Crippen molar-refractivity contribution in [2.75, 3.05) is 14.2 Å². The maximum Gasteiger partial charge on any atom is 0.322 e. The summed E-state index contributed by atoms with van der Waals surface area (Å²) in [6, 6.07) is 0.235. The highest BCUT2D eigenvalue weighted by Crippen LogP contribution is 2.23. The molecule has 4 nitrogen and oxygen atoms in total. The van der Waals surface area contributed by atoms with Gasteiger partial charge in [0.15, 0.2) is 0 Å². The van der Waals surface area contributed by atoms with E-state index in [9.17, 15) is 4.79 Å². The smallest absolute Gasteiger partial charge is 0.322 e. The predicted molar refractivity (Wildman–Crippen MR) is 57.7 cm³/mol. The van der Waals surface area contributed by atoms with Gasteiger partial charge in [-0.05, 0) is 26.7 Å². The average molecular weight is 215 g/mol. The SMILES string of the molecule is COC(=O)C(CC(C)(C)OC)NC1CC1. The fourth-order valence-electron chi connectivity index (χ4n) is 1.46. The van der Waals surface area contributed by atoms with Crippen LogP contribution in [0.3, 0.4) is 0 Å². The summed E-state index contributed by atoms with van der Waals surface area (Å²) < 4.78 is 10.1. The molecule has 1 aliphatic carbocycles. The number of nitrogens with one attached hydrogen (secondary N) is 1. The molecular formula is C11H21NO3. The molecule has 1 N–H and O–H groups in total. The maximum absolute atomic E-state index is 11.5. The van der Waals surface area contributed by atoms with Gasteiger partial charge in [-0.2, -0.15) is 0 Å². The van der Waals surface area contributed by atoms with Gasteiger partial charge in [0.2, 0.25) is 0 Å². The molecule has 1 saturated carbocycles. The largest absolute Gasteiger partial charge is 0.468 e. The molecule has 0 aliphatic heterocycles. The maximum atomic E-state index is 11.5.